The molecule has 1 heterocycles. The van der Waals surface area contributed by atoms with Crippen LogP contribution in [0, 0.1) is 0 Å². The molecular weight excluding hydrogens is 378 g/mol. The van der Waals surface area contributed by atoms with Crippen LogP contribution in [-0.4, -0.2) is 80.1 Å². The van der Waals surface area contributed by atoms with Crippen molar-refractivity contribution < 1.29 is 0 Å². The van der Waals surface area contributed by atoms with Gasteiger partial charge in [-0.1, -0.05) is 28.1 Å². The lowest BCUT2D eigenvalue weighted by atomic mass is 10.2. The number of likely N-dealkylation sites (N-methyl/N-ethyl adjacent to an activating group) is 1. The number of hydrogen-bond donors (Lipinski definition) is 1. The predicted octanol–water partition coefficient (Wildman–Crippen LogP) is 2.48. The van der Waals surface area contributed by atoms with Crippen LogP contribution in [-0.2, 0) is 6.54 Å². The molecule has 1 aliphatic rings. The summed E-state index contributed by atoms with van der Waals surface area (Å²) in [5.74, 6) is 0.978. The fourth-order valence-electron chi connectivity index (χ4n) is 3.00. The molecule has 25 heavy (non-hydrogen) atoms. The van der Waals surface area contributed by atoms with Crippen molar-refractivity contribution in [3.63, 3.8) is 0 Å². The van der Waals surface area contributed by atoms with E-state index < -0.39 is 0 Å². The van der Waals surface area contributed by atoms with E-state index in [1.807, 2.05) is 0 Å². The monoisotopic (exact) mass is 409 g/mol. The van der Waals surface area contributed by atoms with Crippen LogP contribution in [0.1, 0.15) is 19.4 Å². The number of nitrogens with zero attached hydrogens (tertiary/aromatic N) is 4. The summed E-state index contributed by atoms with van der Waals surface area (Å²) in [5, 5.41) is 3.42. The molecular formula is C19H32BrN5. The van der Waals surface area contributed by atoms with E-state index >= 15 is 0 Å². The average molecular weight is 410 g/mol. The molecule has 1 unspecified atom stereocenters. The fraction of sp³-hybridized carbons (Fsp3) is 0.632. The first-order valence-corrected chi connectivity index (χ1v) is 9.95. The number of aliphatic imine (C=N–C) groups is 1. The number of benzene rings is 1. The van der Waals surface area contributed by atoms with Crippen LogP contribution in [0.5, 0.6) is 0 Å². The standard InChI is InChI=1S/C19H32BrN5/c1-5-21-19(24(4)15-17-6-8-18(20)9-7-17)22-14-16(2)25-12-10-23(3)11-13-25/h6-9,16H,5,10-15H2,1-4H3,(H,21,22). The molecule has 1 atom stereocenters. The minimum absolute atomic E-state index is 0.475. The Morgan fingerprint density at radius 1 is 1.24 bits per heavy atom. The number of rotatable bonds is 6. The van der Waals surface area contributed by atoms with Gasteiger partial charge in [-0.3, -0.25) is 9.89 Å². The lowest BCUT2D eigenvalue weighted by Gasteiger charge is -2.36. The summed E-state index contributed by atoms with van der Waals surface area (Å²) in [6.45, 7) is 11.5. The van der Waals surface area contributed by atoms with Gasteiger partial charge in [0.25, 0.3) is 0 Å². The molecule has 0 saturated carbocycles. The van der Waals surface area contributed by atoms with Crippen LogP contribution in [0.15, 0.2) is 33.7 Å². The molecule has 0 spiro atoms. The lowest BCUT2D eigenvalue weighted by Crippen LogP contribution is -2.49. The summed E-state index contributed by atoms with van der Waals surface area (Å²) in [6.07, 6.45) is 0. The van der Waals surface area contributed by atoms with Crippen molar-refractivity contribution in [1.29, 1.82) is 0 Å². The van der Waals surface area contributed by atoms with E-state index in [0.717, 1.165) is 56.2 Å². The third kappa shape index (κ3) is 6.60. The lowest BCUT2D eigenvalue weighted by molar-refractivity contribution is 0.122. The summed E-state index contributed by atoms with van der Waals surface area (Å²) in [4.78, 5) is 12.0. The number of hydrogen-bond acceptors (Lipinski definition) is 3. The first-order chi connectivity index (χ1) is 12.0. The molecule has 0 aliphatic carbocycles. The summed E-state index contributed by atoms with van der Waals surface area (Å²) in [6, 6.07) is 8.95. The van der Waals surface area contributed by atoms with Gasteiger partial charge in [0.05, 0.1) is 6.54 Å². The van der Waals surface area contributed by atoms with E-state index in [9.17, 15) is 0 Å². The van der Waals surface area contributed by atoms with E-state index in [1.54, 1.807) is 0 Å². The van der Waals surface area contributed by atoms with Gasteiger partial charge in [-0.05, 0) is 38.6 Å². The van der Waals surface area contributed by atoms with Crippen molar-refractivity contribution >= 4 is 21.9 Å². The Morgan fingerprint density at radius 3 is 2.48 bits per heavy atom. The Kier molecular flexibility index (Phi) is 8.19. The molecule has 2 rings (SSSR count). The van der Waals surface area contributed by atoms with Gasteiger partial charge >= 0.3 is 0 Å². The summed E-state index contributed by atoms with van der Waals surface area (Å²) >= 11 is 3.49. The van der Waals surface area contributed by atoms with Crippen LogP contribution in [0.3, 0.4) is 0 Å². The van der Waals surface area contributed by atoms with Gasteiger partial charge < -0.3 is 15.1 Å². The van der Waals surface area contributed by atoms with Gasteiger partial charge in [0.2, 0.25) is 0 Å². The molecule has 1 aliphatic heterocycles. The molecule has 1 aromatic rings. The highest BCUT2D eigenvalue weighted by molar-refractivity contribution is 9.10. The van der Waals surface area contributed by atoms with Crippen molar-refractivity contribution in [3.05, 3.63) is 34.3 Å². The number of guanidine groups is 1. The zero-order valence-corrected chi connectivity index (χ0v) is 17.6. The van der Waals surface area contributed by atoms with E-state index in [0.29, 0.717) is 6.04 Å². The van der Waals surface area contributed by atoms with Gasteiger partial charge in [-0.15, -0.1) is 0 Å². The van der Waals surface area contributed by atoms with E-state index in [-0.39, 0.29) is 0 Å². The first-order valence-electron chi connectivity index (χ1n) is 9.16. The maximum absolute atomic E-state index is 4.89. The van der Waals surface area contributed by atoms with Crippen LogP contribution >= 0.6 is 15.9 Å². The Hall–Kier alpha value is -1.11. The highest BCUT2D eigenvalue weighted by Crippen LogP contribution is 2.12. The highest BCUT2D eigenvalue weighted by atomic mass is 79.9. The van der Waals surface area contributed by atoms with Crippen molar-refractivity contribution in [2.75, 3.05) is 53.4 Å². The van der Waals surface area contributed by atoms with Gasteiger partial charge in [-0.2, -0.15) is 0 Å². The largest absolute Gasteiger partial charge is 0.357 e. The number of nitrogens with one attached hydrogen (secondary N) is 1. The van der Waals surface area contributed by atoms with Crippen LogP contribution in [0.2, 0.25) is 0 Å². The molecule has 5 nitrogen and oxygen atoms in total. The van der Waals surface area contributed by atoms with Gasteiger partial charge in [0, 0.05) is 56.8 Å². The molecule has 6 heteroatoms. The molecule has 0 bridgehead atoms. The number of piperazine rings is 1. The van der Waals surface area contributed by atoms with E-state index in [1.165, 1.54) is 5.56 Å². The van der Waals surface area contributed by atoms with Gasteiger partial charge in [0.1, 0.15) is 0 Å². The van der Waals surface area contributed by atoms with Crippen LogP contribution in [0.25, 0.3) is 0 Å². The quantitative estimate of drug-likeness (QED) is 0.577. The maximum atomic E-state index is 4.89. The molecule has 0 radical (unpaired) electrons. The Balaban J connectivity index is 1.93. The summed E-state index contributed by atoms with van der Waals surface area (Å²) in [7, 11) is 4.30. The molecule has 0 amide bonds. The smallest absolute Gasteiger partial charge is 0.194 e. The van der Waals surface area contributed by atoms with E-state index in [2.05, 4.69) is 88.2 Å². The Bertz CT molecular complexity index is 537. The van der Waals surface area contributed by atoms with Crippen molar-refractivity contribution in [2.45, 2.75) is 26.4 Å². The SMILES string of the molecule is CCNC(=NCC(C)N1CCN(C)CC1)N(C)Cc1ccc(Br)cc1. The van der Waals surface area contributed by atoms with Crippen molar-refractivity contribution in [1.82, 2.24) is 20.0 Å². The number of halogens is 1. The normalized spacial score (nSPS) is 18.2. The van der Waals surface area contributed by atoms with Crippen molar-refractivity contribution in [3.8, 4) is 0 Å². The van der Waals surface area contributed by atoms with Gasteiger partial charge in [0.15, 0.2) is 5.96 Å². The highest BCUT2D eigenvalue weighted by Gasteiger charge is 2.19. The summed E-state index contributed by atoms with van der Waals surface area (Å²) < 4.78 is 1.11. The Morgan fingerprint density at radius 2 is 1.88 bits per heavy atom. The molecule has 1 aromatic carbocycles. The second kappa shape index (κ2) is 10.1. The second-order valence-electron chi connectivity index (χ2n) is 6.87. The van der Waals surface area contributed by atoms with Crippen LogP contribution < -0.4 is 5.32 Å². The zero-order chi connectivity index (χ0) is 18.2. The Labute approximate surface area is 161 Å². The molecule has 1 fully saturated rings. The molecule has 140 valence electrons. The molecule has 0 aromatic heterocycles. The predicted molar refractivity (Wildman–Crippen MR) is 110 cm³/mol. The minimum atomic E-state index is 0.475. The molecule has 1 saturated heterocycles. The average Bonchev–Trinajstić information content (AvgIpc) is 2.60. The minimum Gasteiger partial charge on any atom is -0.357 e. The third-order valence-electron chi connectivity index (χ3n) is 4.70. The zero-order valence-electron chi connectivity index (χ0n) is 16.0. The van der Waals surface area contributed by atoms with E-state index in [4.69, 9.17) is 4.99 Å². The van der Waals surface area contributed by atoms with Crippen LogP contribution in [0.4, 0.5) is 0 Å². The first kappa shape index (κ1) is 20.2. The van der Waals surface area contributed by atoms with Gasteiger partial charge in [-0.25, -0.2) is 0 Å². The topological polar surface area (TPSA) is 34.1 Å². The maximum Gasteiger partial charge on any atom is 0.194 e. The third-order valence-corrected chi connectivity index (χ3v) is 5.22. The summed E-state index contributed by atoms with van der Waals surface area (Å²) in [5.41, 5.74) is 1.28. The fourth-order valence-corrected chi connectivity index (χ4v) is 3.27. The molecule has 1 N–H and O–H groups in total. The van der Waals surface area contributed by atoms with Crippen molar-refractivity contribution in [2.24, 2.45) is 4.99 Å². The second-order valence-corrected chi connectivity index (χ2v) is 7.78.